The van der Waals surface area contributed by atoms with E-state index >= 15 is 0 Å². The number of hydrogen-bond donors (Lipinski definition) is 8. The van der Waals surface area contributed by atoms with Gasteiger partial charge in [-0.25, -0.2) is 4.79 Å². The van der Waals surface area contributed by atoms with Crippen LogP contribution in [0.2, 0.25) is 0 Å². The summed E-state index contributed by atoms with van der Waals surface area (Å²) in [6.45, 7) is 12.6. The average Bonchev–Trinajstić information content (AvgIpc) is 0.795. The Kier molecular flexibility index (Phi) is 28.8. The third-order valence-electron chi connectivity index (χ3n) is 16.5. The molecule has 4 heterocycles. The number of hydrogen-bond acceptors (Lipinski definition) is 26. The van der Waals surface area contributed by atoms with Gasteiger partial charge in [0.2, 0.25) is 17.2 Å². The van der Waals surface area contributed by atoms with Crippen molar-refractivity contribution in [2.75, 3.05) is 54.5 Å². The van der Waals surface area contributed by atoms with Gasteiger partial charge in [0, 0.05) is 50.1 Å². The molecular weight excluding hydrogens is 1350 g/mol. The Bertz CT molecular complexity index is 2830. The Morgan fingerprint density at radius 1 is 0.867 bits per heavy atom. The summed E-state index contributed by atoms with van der Waals surface area (Å²) in [6.07, 6.45) is -7.69. The predicted octanol–water partition coefficient (Wildman–Crippen LogP) is 5.28. The molecule has 1 amide bonds. The zero-order valence-electron chi connectivity index (χ0n) is 52.9. The molecule has 24 nitrogen and oxygen atoms in total. The maximum absolute atomic E-state index is 14.5. The number of Topliss-reactive ketones (excluding diaryl/α,β-unsaturated/α-hetero) is 1. The number of ether oxygens (including phenoxy) is 12. The third-order valence-corrected chi connectivity index (χ3v) is 22.0. The van der Waals surface area contributed by atoms with Gasteiger partial charge in [-0.1, -0.05) is 83.4 Å². The molecule has 5 fully saturated rings. The van der Waals surface area contributed by atoms with Crippen LogP contribution in [0.4, 0.5) is 4.79 Å². The van der Waals surface area contributed by atoms with E-state index < -0.39 is 127 Å². The fourth-order valence-corrected chi connectivity index (χ4v) is 16.1. The Hall–Kier alpha value is -3.29. The fourth-order valence-electron chi connectivity index (χ4n) is 11.7. The molecule has 6 aliphatic rings. The number of thioether (sulfide) groups is 1. The maximum Gasteiger partial charge on any atom is 0.411 e. The Balaban J connectivity index is 1.14. The van der Waals surface area contributed by atoms with Gasteiger partial charge in [-0.05, 0) is 107 Å². The van der Waals surface area contributed by atoms with Crippen molar-refractivity contribution in [1.82, 2.24) is 16.1 Å². The summed E-state index contributed by atoms with van der Waals surface area (Å²) in [7, 11) is 10.2. The van der Waals surface area contributed by atoms with E-state index in [1.54, 1.807) is 63.3 Å². The fraction of sp³-hybridized carbons (Fsp3) is 0.694. The van der Waals surface area contributed by atoms with E-state index in [1.807, 2.05) is 35.6 Å². The molecule has 502 valence electrons. The number of likely N-dealkylation sites (N-methyl/N-ethyl adjacent to an activating group) is 1. The molecule has 28 heteroatoms. The van der Waals surface area contributed by atoms with Crippen LogP contribution in [-0.4, -0.2) is 217 Å². The number of rotatable bonds is 23. The van der Waals surface area contributed by atoms with Crippen molar-refractivity contribution in [1.29, 1.82) is 0 Å². The first-order valence-corrected chi connectivity index (χ1v) is 34.5. The number of aliphatic hydroxyl groups is 5. The molecule has 4 saturated heterocycles. The van der Waals surface area contributed by atoms with E-state index in [2.05, 4.69) is 39.8 Å². The number of aliphatic hydroxyl groups excluding tert-OH is 4. The summed E-state index contributed by atoms with van der Waals surface area (Å²) in [5, 5.41) is 63.5. The van der Waals surface area contributed by atoms with Crippen LogP contribution in [0, 0.1) is 34.2 Å². The molecule has 1 aromatic rings. The number of benzene rings is 1. The summed E-state index contributed by atoms with van der Waals surface area (Å²) in [5.41, 5.74) is 1.83. The van der Waals surface area contributed by atoms with Crippen LogP contribution in [0.25, 0.3) is 0 Å². The van der Waals surface area contributed by atoms with Crippen molar-refractivity contribution in [3.05, 3.63) is 49.8 Å². The molecule has 2 aliphatic carbocycles. The number of carbonyl (C=O) groups is 3. The molecule has 0 unspecified atom stereocenters. The van der Waals surface area contributed by atoms with E-state index in [1.165, 1.54) is 46.8 Å². The van der Waals surface area contributed by atoms with Gasteiger partial charge in [0.1, 0.15) is 36.6 Å². The lowest BCUT2D eigenvalue weighted by Crippen LogP contribution is -2.65. The molecule has 8 N–H and O–H groups in total. The molecule has 4 aliphatic heterocycles. The zero-order chi connectivity index (χ0) is 65.6. The van der Waals surface area contributed by atoms with E-state index in [-0.39, 0.29) is 71.2 Å². The summed E-state index contributed by atoms with van der Waals surface area (Å²) in [6, 6.07) is -1.27. The Morgan fingerprint density at radius 3 is 2.23 bits per heavy atom. The first-order chi connectivity index (χ1) is 43.1. The number of allylic oxidation sites excluding steroid dienone is 3. The number of hydroxylamine groups is 1. The van der Waals surface area contributed by atoms with Crippen molar-refractivity contribution in [2.24, 2.45) is 0 Å². The van der Waals surface area contributed by atoms with Crippen molar-refractivity contribution >= 4 is 72.9 Å². The zero-order valence-corrected chi connectivity index (χ0v) is 57.5. The van der Waals surface area contributed by atoms with Crippen LogP contribution in [0.15, 0.2) is 35.1 Å². The SMILES string of the molecule is CC#C/C=C\C#C[C@H](O[C@@H]1O[C@H](C)[C@@H](NO[C@H]2C[C@H](O)[C@H](SC(=O)c3c(C)c(I)c(O[C@@H]4O[C@@H](C)[C@H](O)[C@@H](OC)[C@H]4O)c(OC)c3OC)[C@@H](C)O2)[C@H](O)[C@H]1O[C@H]1C[C@H](OC)[C@@H](NCC)CO1)C1=C(NC(=O)OC)C(=O)C[C@](C)(O)/C1=C/CSSC1CCCCC1. The van der Waals surface area contributed by atoms with E-state index in [9.17, 15) is 39.9 Å². The van der Waals surface area contributed by atoms with Crippen molar-refractivity contribution in [3.8, 4) is 40.9 Å². The Labute approximate surface area is 552 Å². The molecule has 19 atom stereocenters. The lowest BCUT2D eigenvalue weighted by Gasteiger charge is -2.46. The van der Waals surface area contributed by atoms with Gasteiger partial charge in [0.25, 0.3) is 0 Å². The van der Waals surface area contributed by atoms with Gasteiger partial charge in [-0.2, -0.15) is 5.48 Å². The monoisotopic (exact) mass is 1430 g/mol. The van der Waals surface area contributed by atoms with Gasteiger partial charge >= 0.3 is 6.09 Å². The van der Waals surface area contributed by atoms with Gasteiger partial charge in [0.15, 0.2) is 36.2 Å². The second kappa shape index (κ2) is 34.9. The number of methoxy groups -OCH3 is 5. The standard InChI is InChI=1S/C62H88IN3O21S3/c1-13-15-16-17-21-24-40(45-36(25-26-88-90-35-22-19-18-20-23-35)62(7,74)29-39(68)48(45)65-61(73)79-12)84-60-55(85-42-28-41(75-8)37(30-80-42)64-14-2)50(70)47(32(4)82-60)66-87-43-27-38(67)57(34(6)81-43)89-58(72)44-31(3)46(63)53(56(78-11)52(44)76-9)86-59-51(71)54(77-10)49(69)33(5)83-59/h16-17,25,32-35,37-38,40-43,47,49-51,54-55,57,59-60,64,66-67,69-71,74H,14,18-20,22-23,26-30H2,1-12H3,(H,65,73)/b17-16-,36-25+/t32-,33+,34-,37+,38+,40+,41+,42+,43+,47-,49+,50+,51-,54-,55-,57-,59+,60+,62+/m1/s1. The molecule has 90 heavy (non-hydrogen) atoms. The minimum absolute atomic E-state index is 0.0284. The van der Waals surface area contributed by atoms with E-state index in [0.29, 0.717) is 26.7 Å². The highest BCUT2D eigenvalue weighted by Crippen LogP contribution is 2.49. The number of nitrogens with one attached hydrogen (secondary N) is 3. The van der Waals surface area contributed by atoms with Crippen LogP contribution >= 0.6 is 55.9 Å². The van der Waals surface area contributed by atoms with Gasteiger partial charge in [0.05, 0.1) is 96.2 Å². The molecule has 7 rings (SSSR count). The summed E-state index contributed by atoms with van der Waals surface area (Å²) in [4.78, 5) is 48.0. The van der Waals surface area contributed by atoms with Crippen molar-refractivity contribution in [2.45, 2.75) is 220 Å². The van der Waals surface area contributed by atoms with Gasteiger partial charge < -0.3 is 87.7 Å². The highest BCUT2D eigenvalue weighted by Gasteiger charge is 2.52. The number of alkyl carbamates (subject to hydrolysis) is 1. The van der Waals surface area contributed by atoms with Crippen molar-refractivity contribution in [3.63, 3.8) is 0 Å². The molecule has 0 spiro atoms. The number of amides is 1. The maximum atomic E-state index is 14.5. The first kappa shape index (κ1) is 74.1. The second-order valence-electron chi connectivity index (χ2n) is 22.7. The minimum Gasteiger partial charge on any atom is -0.492 e. The number of ketones is 1. The molecule has 0 radical (unpaired) electrons. The summed E-state index contributed by atoms with van der Waals surface area (Å²) < 4.78 is 73.1. The average molecular weight is 1430 g/mol. The minimum atomic E-state index is -1.77. The molecular formula is C62H88IN3O21S3. The topological polar surface area (TPSA) is 308 Å². The Morgan fingerprint density at radius 2 is 1.58 bits per heavy atom. The lowest BCUT2D eigenvalue weighted by molar-refractivity contribution is -0.336. The van der Waals surface area contributed by atoms with Crippen LogP contribution in [0.5, 0.6) is 17.2 Å². The van der Waals surface area contributed by atoms with E-state index in [4.69, 9.17) is 61.7 Å². The third kappa shape index (κ3) is 18.2. The van der Waals surface area contributed by atoms with Crippen LogP contribution in [0.1, 0.15) is 109 Å². The van der Waals surface area contributed by atoms with Crippen LogP contribution < -0.4 is 30.3 Å². The van der Waals surface area contributed by atoms with Gasteiger partial charge in [-0.15, -0.1) is 5.92 Å². The highest BCUT2D eigenvalue weighted by atomic mass is 127. The lowest BCUT2D eigenvalue weighted by atomic mass is 9.76. The van der Waals surface area contributed by atoms with Gasteiger partial charge in [-0.3, -0.25) is 19.7 Å². The van der Waals surface area contributed by atoms with E-state index in [0.717, 1.165) is 44.6 Å². The molecule has 1 saturated carbocycles. The molecule has 0 bridgehead atoms. The smallest absolute Gasteiger partial charge is 0.411 e. The quantitative estimate of drug-likeness (QED) is 0.0227. The van der Waals surface area contributed by atoms with Crippen LogP contribution in [0.3, 0.4) is 0 Å². The first-order valence-electron chi connectivity index (χ1n) is 30.1. The predicted molar refractivity (Wildman–Crippen MR) is 344 cm³/mol. The summed E-state index contributed by atoms with van der Waals surface area (Å²) in [5.74, 6) is 11.6. The van der Waals surface area contributed by atoms with Crippen LogP contribution in [-0.2, 0) is 52.3 Å². The largest absolute Gasteiger partial charge is 0.492 e. The number of carbonyl (C=O) groups excluding carboxylic acids is 3. The second-order valence-corrected chi connectivity index (χ2v) is 27.7. The number of halogens is 1. The molecule has 0 aromatic heterocycles. The summed E-state index contributed by atoms with van der Waals surface area (Å²) >= 11 is 2.84. The normalized spacial score (nSPS) is 34.2. The highest BCUT2D eigenvalue weighted by molar-refractivity contribution is 14.1. The van der Waals surface area contributed by atoms with Crippen molar-refractivity contribution < 1.29 is 102 Å². The molecule has 1 aromatic carbocycles.